The Labute approximate surface area is 169 Å². The van der Waals surface area contributed by atoms with Crippen LogP contribution in [-0.4, -0.2) is 27.7 Å². The molecule has 3 nitrogen and oxygen atoms in total. The van der Waals surface area contributed by atoms with Crippen LogP contribution in [0, 0.1) is 12.7 Å². The van der Waals surface area contributed by atoms with E-state index in [1.54, 1.807) is 17.0 Å². The van der Waals surface area contributed by atoms with E-state index in [-0.39, 0.29) is 30.2 Å². The molecule has 0 N–H and O–H groups in total. The molecule has 2 aromatic carbocycles. The van der Waals surface area contributed by atoms with Crippen molar-refractivity contribution in [3.05, 3.63) is 76.9 Å². The van der Waals surface area contributed by atoms with Crippen LogP contribution in [0.4, 0.5) is 4.39 Å². The fourth-order valence-electron chi connectivity index (χ4n) is 4.05. The van der Waals surface area contributed by atoms with Gasteiger partial charge < -0.3 is 4.90 Å². The molecule has 28 heavy (non-hydrogen) atoms. The highest BCUT2D eigenvalue weighted by molar-refractivity contribution is 6.27. The van der Waals surface area contributed by atoms with Crippen LogP contribution in [0.1, 0.15) is 28.9 Å². The minimum atomic E-state index is -0.265. The molecule has 0 aliphatic heterocycles. The monoisotopic (exact) mass is 396 g/mol. The number of halogens is 2. The molecule has 1 aromatic heterocycles. The summed E-state index contributed by atoms with van der Waals surface area (Å²) in [6, 6.07) is 15.1. The van der Waals surface area contributed by atoms with E-state index in [1.165, 1.54) is 0 Å². The van der Waals surface area contributed by atoms with E-state index in [2.05, 4.69) is 11.1 Å². The van der Waals surface area contributed by atoms with Gasteiger partial charge in [0.2, 0.25) is 5.91 Å². The first-order valence-electron chi connectivity index (χ1n) is 9.54. The molecule has 1 amide bonds. The van der Waals surface area contributed by atoms with Crippen LogP contribution in [0.15, 0.2) is 48.5 Å². The number of carbonyl (C=O) groups excluding carboxylic acids is 1. The Kier molecular flexibility index (Phi) is 5.31. The summed E-state index contributed by atoms with van der Waals surface area (Å²) in [7, 11) is 0. The van der Waals surface area contributed by atoms with Gasteiger partial charge >= 0.3 is 0 Å². The van der Waals surface area contributed by atoms with Gasteiger partial charge in [0, 0.05) is 34.9 Å². The number of rotatable bonds is 4. The molecule has 0 bridgehead atoms. The molecule has 0 radical (unpaired) electrons. The van der Waals surface area contributed by atoms with Crippen molar-refractivity contribution >= 4 is 28.3 Å². The summed E-state index contributed by atoms with van der Waals surface area (Å²) in [5, 5.41) is 1.43. The standard InChI is InChI=1S/C23H22ClFN2O/c1-15-6-7-17-12-19(10-11-21(17)26-15)27(22(28)13-24)14-18-9-8-16-4-2-3-5-20(16)23(18)25/h2-9,19H,10-14H2,1H3. The molecule has 1 heterocycles. The first-order chi connectivity index (χ1) is 13.6. The average Bonchev–Trinajstić information content (AvgIpc) is 2.72. The van der Waals surface area contributed by atoms with E-state index in [9.17, 15) is 4.79 Å². The summed E-state index contributed by atoms with van der Waals surface area (Å²) in [5.41, 5.74) is 3.79. The van der Waals surface area contributed by atoms with Gasteiger partial charge in [-0.2, -0.15) is 0 Å². The van der Waals surface area contributed by atoms with Crippen molar-refractivity contribution in [1.29, 1.82) is 0 Å². The molecular weight excluding hydrogens is 375 g/mol. The molecule has 0 saturated carbocycles. The van der Waals surface area contributed by atoms with Crippen molar-refractivity contribution in [3.63, 3.8) is 0 Å². The van der Waals surface area contributed by atoms with Gasteiger partial charge in [0.1, 0.15) is 11.7 Å². The predicted molar refractivity (Wildman–Crippen MR) is 110 cm³/mol. The SMILES string of the molecule is Cc1ccc2c(n1)CCC(N(Cc1ccc3ccccc3c1F)C(=O)CCl)C2. The second-order valence-electron chi connectivity index (χ2n) is 7.37. The third-order valence-electron chi connectivity index (χ3n) is 5.54. The minimum Gasteiger partial charge on any atom is -0.334 e. The molecule has 0 fully saturated rings. The summed E-state index contributed by atoms with van der Waals surface area (Å²) in [6.07, 6.45) is 2.34. The number of hydrogen-bond donors (Lipinski definition) is 0. The third-order valence-corrected chi connectivity index (χ3v) is 5.77. The third kappa shape index (κ3) is 3.61. The Balaban J connectivity index is 1.64. The number of carbonyl (C=O) groups is 1. The number of aryl methyl sites for hydroxylation is 2. The number of pyridine rings is 1. The van der Waals surface area contributed by atoms with E-state index in [1.807, 2.05) is 37.3 Å². The summed E-state index contributed by atoms with van der Waals surface area (Å²) < 4.78 is 15.1. The number of aromatic nitrogens is 1. The fourth-order valence-corrected chi connectivity index (χ4v) is 4.20. The van der Waals surface area contributed by atoms with Crippen molar-refractivity contribution in [2.24, 2.45) is 0 Å². The number of benzene rings is 2. The van der Waals surface area contributed by atoms with Gasteiger partial charge in [-0.05, 0) is 43.2 Å². The molecule has 3 aromatic rings. The molecule has 0 saturated heterocycles. The molecule has 1 aliphatic carbocycles. The van der Waals surface area contributed by atoms with Gasteiger partial charge in [-0.3, -0.25) is 9.78 Å². The second-order valence-corrected chi connectivity index (χ2v) is 7.64. The molecule has 5 heteroatoms. The van der Waals surface area contributed by atoms with Gasteiger partial charge in [0.15, 0.2) is 0 Å². The Morgan fingerprint density at radius 2 is 2.04 bits per heavy atom. The zero-order chi connectivity index (χ0) is 19.7. The largest absolute Gasteiger partial charge is 0.334 e. The maximum Gasteiger partial charge on any atom is 0.238 e. The van der Waals surface area contributed by atoms with Gasteiger partial charge in [-0.15, -0.1) is 11.6 Å². The van der Waals surface area contributed by atoms with Gasteiger partial charge in [0.05, 0.1) is 0 Å². The molecule has 4 rings (SSSR count). The maximum absolute atomic E-state index is 15.1. The number of amides is 1. The number of fused-ring (bicyclic) bond motifs is 2. The quantitative estimate of drug-likeness (QED) is 0.593. The van der Waals surface area contributed by atoms with Gasteiger partial charge in [-0.25, -0.2) is 4.39 Å². The van der Waals surface area contributed by atoms with Crippen molar-refractivity contribution in [3.8, 4) is 0 Å². The van der Waals surface area contributed by atoms with Crippen LogP contribution in [0.3, 0.4) is 0 Å². The zero-order valence-corrected chi connectivity index (χ0v) is 16.5. The van der Waals surface area contributed by atoms with E-state index in [0.29, 0.717) is 10.9 Å². The number of hydrogen-bond acceptors (Lipinski definition) is 2. The zero-order valence-electron chi connectivity index (χ0n) is 15.8. The van der Waals surface area contributed by atoms with Gasteiger partial charge in [0.25, 0.3) is 0 Å². The maximum atomic E-state index is 15.1. The van der Waals surface area contributed by atoms with Crippen LogP contribution >= 0.6 is 11.6 Å². The van der Waals surface area contributed by atoms with Crippen LogP contribution in [0.5, 0.6) is 0 Å². The highest BCUT2D eigenvalue weighted by atomic mass is 35.5. The fraction of sp³-hybridized carbons (Fsp3) is 0.304. The van der Waals surface area contributed by atoms with E-state index in [0.717, 1.165) is 41.6 Å². The lowest BCUT2D eigenvalue weighted by atomic mass is 9.90. The van der Waals surface area contributed by atoms with Crippen molar-refractivity contribution in [1.82, 2.24) is 9.88 Å². The summed E-state index contributed by atoms with van der Waals surface area (Å²) >= 11 is 5.89. The average molecular weight is 397 g/mol. The van der Waals surface area contributed by atoms with Crippen molar-refractivity contribution in [2.45, 2.75) is 38.8 Å². The van der Waals surface area contributed by atoms with Gasteiger partial charge in [-0.1, -0.05) is 42.5 Å². The van der Waals surface area contributed by atoms with Crippen LogP contribution in [-0.2, 0) is 24.2 Å². The Morgan fingerprint density at radius 1 is 1.21 bits per heavy atom. The summed E-state index contributed by atoms with van der Waals surface area (Å²) in [4.78, 5) is 19.0. The molecule has 1 atom stereocenters. The smallest absolute Gasteiger partial charge is 0.238 e. The second kappa shape index (κ2) is 7.88. The van der Waals surface area contributed by atoms with E-state index >= 15 is 4.39 Å². The minimum absolute atomic E-state index is 0.00544. The topological polar surface area (TPSA) is 33.2 Å². The lowest BCUT2D eigenvalue weighted by Crippen LogP contribution is -2.44. The number of alkyl halides is 1. The lowest BCUT2D eigenvalue weighted by Gasteiger charge is -2.35. The van der Waals surface area contributed by atoms with Crippen molar-refractivity contribution in [2.75, 3.05) is 5.88 Å². The molecule has 0 spiro atoms. The van der Waals surface area contributed by atoms with Crippen LogP contribution in [0.2, 0.25) is 0 Å². The normalized spacial score (nSPS) is 16.0. The number of nitrogens with zero attached hydrogens (tertiary/aromatic N) is 2. The first-order valence-corrected chi connectivity index (χ1v) is 10.1. The van der Waals surface area contributed by atoms with E-state index in [4.69, 9.17) is 11.6 Å². The first kappa shape index (κ1) is 18.9. The molecule has 1 aliphatic rings. The highest BCUT2D eigenvalue weighted by Crippen LogP contribution is 2.27. The Morgan fingerprint density at radius 3 is 2.86 bits per heavy atom. The summed E-state index contributed by atoms with van der Waals surface area (Å²) in [6.45, 7) is 2.21. The van der Waals surface area contributed by atoms with Crippen molar-refractivity contribution < 1.29 is 9.18 Å². The molecule has 144 valence electrons. The van der Waals surface area contributed by atoms with E-state index < -0.39 is 0 Å². The Hall–Kier alpha value is -2.46. The lowest BCUT2D eigenvalue weighted by molar-refractivity contribution is -0.131. The molecule has 1 unspecified atom stereocenters. The van der Waals surface area contributed by atoms with Crippen LogP contribution < -0.4 is 0 Å². The highest BCUT2D eigenvalue weighted by Gasteiger charge is 2.29. The van der Waals surface area contributed by atoms with Crippen LogP contribution in [0.25, 0.3) is 10.8 Å². The molecular formula is C23H22ClFN2O. The predicted octanol–water partition coefficient (Wildman–Crippen LogP) is 4.81. The Bertz CT molecular complexity index is 1040. The summed E-state index contributed by atoms with van der Waals surface area (Å²) in [5.74, 6) is -0.535.